The van der Waals surface area contributed by atoms with E-state index in [1.807, 2.05) is 48.8 Å². The van der Waals surface area contributed by atoms with Gasteiger partial charge in [-0.2, -0.15) is 0 Å². The van der Waals surface area contributed by atoms with Crippen LogP contribution in [0.1, 0.15) is 30.1 Å². The van der Waals surface area contributed by atoms with E-state index >= 15 is 0 Å². The summed E-state index contributed by atoms with van der Waals surface area (Å²) in [7, 11) is 0. The molecule has 2 aromatic heterocycles. The fraction of sp³-hybridized carbons (Fsp3) is 0.409. The number of imidazole rings is 1. The van der Waals surface area contributed by atoms with Crippen molar-refractivity contribution in [2.45, 2.75) is 37.8 Å². The molecule has 6 nitrogen and oxygen atoms in total. The molecule has 0 radical (unpaired) electrons. The van der Waals surface area contributed by atoms with Crippen molar-refractivity contribution in [3.8, 4) is 0 Å². The van der Waals surface area contributed by atoms with E-state index in [1.165, 1.54) is 5.56 Å². The third kappa shape index (κ3) is 3.52. The van der Waals surface area contributed by atoms with Crippen LogP contribution >= 0.6 is 0 Å². The number of hydrogen-bond acceptors (Lipinski definition) is 4. The summed E-state index contributed by atoms with van der Waals surface area (Å²) < 4.78 is 7.76. The van der Waals surface area contributed by atoms with Crippen LogP contribution in [0.5, 0.6) is 0 Å². The average molecular weight is 376 g/mol. The Kier molecular flexibility index (Phi) is 4.56. The molecule has 1 saturated carbocycles. The Balaban J connectivity index is 1.30. The Morgan fingerprint density at radius 1 is 1.14 bits per heavy atom. The van der Waals surface area contributed by atoms with Crippen LogP contribution in [-0.2, 0) is 22.5 Å². The Hall–Kier alpha value is -2.73. The first-order valence-corrected chi connectivity index (χ1v) is 9.99. The molecule has 0 bridgehead atoms. The molecule has 5 rings (SSSR count). The van der Waals surface area contributed by atoms with E-state index in [0.717, 1.165) is 36.1 Å². The van der Waals surface area contributed by atoms with E-state index in [1.54, 1.807) is 0 Å². The van der Waals surface area contributed by atoms with Crippen LogP contribution in [0.3, 0.4) is 0 Å². The van der Waals surface area contributed by atoms with Crippen molar-refractivity contribution in [2.24, 2.45) is 5.92 Å². The van der Waals surface area contributed by atoms with Crippen LogP contribution in [0, 0.1) is 5.92 Å². The number of para-hydroxylation sites is 2. The maximum Gasteiger partial charge on any atom is 0.240 e. The average Bonchev–Trinajstić information content (AvgIpc) is 3.38. The van der Waals surface area contributed by atoms with Crippen molar-refractivity contribution in [1.29, 1.82) is 0 Å². The summed E-state index contributed by atoms with van der Waals surface area (Å²) in [6.07, 6.45) is 6.82. The Morgan fingerprint density at radius 2 is 1.96 bits per heavy atom. The SMILES string of the molecule is O=C(Cn1c(C2CC2)nc2ccccc21)N[C@H]1COC[C@H]1Cc1ccncc1. The van der Waals surface area contributed by atoms with Crippen LogP contribution in [-0.4, -0.2) is 39.7 Å². The zero-order valence-corrected chi connectivity index (χ0v) is 15.8. The molecule has 144 valence electrons. The molecule has 2 atom stereocenters. The van der Waals surface area contributed by atoms with Gasteiger partial charge in [0, 0.05) is 24.2 Å². The fourth-order valence-electron chi connectivity index (χ4n) is 4.09. The lowest BCUT2D eigenvalue weighted by Gasteiger charge is -2.20. The van der Waals surface area contributed by atoms with Gasteiger partial charge < -0.3 is 14.6 Å². The number of amides is 1. The summed E-state index contributed by atoms with van der Waals surface area (Å²) >= 11 is 0. The highest BCUT2D eigenvalue weighted by atomic mass is 16.5. The van der Waals surface area contributed by atoms with Crippen molar-refractivity contribution in [2.75, 3.05) is 13.2 Å². The van der Waals surface area contributed by atoms with Gasteiger partial charge in [0.25, 0.3) is 0 Å². The molecule has 3 aromatic rings. The lowest BCUT2D eigenvalue weighted by molar-refractivity contribution is -0.122. The van der Waals surface area contributed by atoms with E-state index in [9.17, 15) is 4.79 Å². The topological polar surface area (TPSA) is 69.0 Å². The van der Waals surface area contributed by atoms with Crippen LogP contribution in [0.4, 0.5) is 0 Å². The number of hydrogen-bond donors (Lipinski definition) is 1. The zero-order valence-electron chi connectivity index (χ0n) is 15.8. The molecule has 6 heteroatoms. The molecule has 1 aromatic carbocycles. The van der Waals surface area contributed by atoms with Crippen LogP contribution in [0.25, 0.3) is 11.0 Å². The zero-order chi connectivity index (χ0) is 18.9. The van der Waals surface area contributed by atoms with Gasteiger partial charge >= 0.3 is 0 Å². The molecule has 1 amide bonds. The summed E-state index contributed by atoms with van der Waals surface area (Å²) in [5, 5.41) is 3.21. The summed E-state index contributed by atoms with van der Waals surface area (Å²) in [5.74, 6) is 1.86. The first-order chi connectivity index (χ1) is 13.8. The van der Waals surface area contributed by atoms with Gasteiger partial charge in [0.2, 0.25) is 5.91 Å². The highest BCUT2D eigenvalue weighted by Gasteiger charge is 2.32. The van der Waals surface area contributed by atoms with Crippen molar-refractivity contribution in [1.82, 2.24) is 19.9 Å². The highest BCUT2D eigenvalue weighted by Crippen LogP contribution is 2.40. The van der Waals surface area contributed by atoms with E-state index in [-0.39, 0.29) is 17.9 Å². The van der Waals surface area contributed by atoms with Gasteiger partial charge in [-0.05, 0) is 49.1 Å². The first kappa shape index (κ1) is 17.4. The van der Waals surface area contributed by atoms with E-state index in [0.29, 0.717) is 25.7 Å². The van der Waals surface area contributed by atoms with Gasteiger partial charge in [0.05, 0.1) is 30.3 Å². The Morgan fingerprint density at radius 3 is 2.79 bits per heavy atom. The van der Waals surface area contributed by atoms with Crippen molar-refractivity contribution >= 4 is 16.9 Å². The smallest absolute Gasteiger partial charge is 0.240 e. The Bertz CT molecular complexity index is 981. The maximum absolute atomic E-state index is 12.9. The number of ether oxygens (including phenoxy) is 1. The van der Waals surface area contributed by atoms with Gasteiger partial charge in [-0.1, -0.05) is 12.1 Å². The molecular weight excluding hydrogens is 352 g/mol. The molecule has 0 spiro atoms. The van der Waals surface area contributed by atoms with Gasteiger partial charge in [-0.25, -0.2) is 4.98 Å². The molecule has 28 heavy (non-hydrogen) atoms. The normalized spacial score (nSPS) is 21.9. The van der Waals surface area contributed by atoms with E-state index in [4.69, 9.17) is 9.72 Å². The Labute approximate surface area is 163 Å². The summed E-state index contributed by atoms with van der Waals surface area (Å²) in [4.78, 5) is 21.7. The summed E-state index contributed by atoms with van der Waals surface area (Å²) in [5.41, 5.74) is 3.23. The summed E-state index contributed by atoms with van der Waals surface area (Å²) in [6.45, 7) is 1.56. The minimum absolute atomic E-state index is 0.0280. The predicted octanol–water partition coefficient (Wildman–Crippen LogP) is 2.68. The highest BCUT2D eigenvalue weighted by molar-refractivity contribution is 5.81. The van der Waals surface area contributed by atoms with Crippen LogP contribution < -0.4 is 5.32 Å². The van der Waals surface area contributed by atoms with E-state index < -0.39 is 0 Å². The second kappa shape index (κ2) is 7.36. The van der Waals surface area contributed by atoms with Crippen molar-refractivity contribution in [3.63, 3.8) is 0 Å². The lowest BCUT2D eigenvalue weighted by atomic mass is 9.95. The molecule has 1 N–H and O–H groups in total. The number of nitrogens with one attached hydrogen (secondary N) is 1. The van der Waals surface area contributed by atoms with Crippen molar-refractivity contribution in [3.05, 3.63) is 60.2 Å². The number of carbonyl (C=O) groups excluding carboxylic acids is 1. The number of pyridine rings is 1. The molecule has 1 aliphatic heterocycles. The van der Waals surface area contributed by atoms with Gasteiger partial charge in [-0.3, -0.25) is 9.78 Å². The van der Waals surface area contributed by atoms with Crippen molar-refractivity contribution < 1.29 is 9.53 Å². The molecule has 2 aliphatic rings. The minimum Gasteiger partial charge on any atom is -0.379 e. The number of carbonyl (C=O) groups is 1. The quantitative estimate of drug-likeness (QED) is 0.718. The molecule has 1 saturated heterocycles. The second-order valence-corrected chi connectivity index (χ2v) is 7.85. The predicted molar refractivity (Wildman–Crippen MR) is 106 cm³/mol. The molecule has 1 aliphatic carbocycles. The molecule has 3 heterocycles. The molecule has 0 unspecified atom stereocenters. The first-order valence-electron chi connectivity index (χ1n) is 9.99. The van der Waals surface area contributed by atoms with Crippen LogP contribution in [0.2, 0.25) is 0 Å². The number of rotatable bonds is 6. The standard InChI is InChI=1S/C22H24N4O2/c27-21(24-19-14-28-13-17(19)11-15-7-9-23-10-8-15)12-26-20-4-2-1-3-18(20)25-22(26)16-5-6-16/h1-4,7-10,16-17,19H,5-6,11-14H2,(H,24,27)/t17-,19+/m1/s1. The number of nitrogens with zero attached hydrogens (tertiary/aromatic N) is 3. The third-order valence-corrected chi connectivity index (χ3v) is 5.72. The lowest BCUT2D eigenvalue weighted by Crippen LogP contribution is -2.42. The number of aromatic nitrogens is 3. The van der Waals surface area contributed by atoms with Crippen LogP contribution in [0.15, 0.2) is 48.8 Å². The number of benzene rings is 1. The van der Waals surface area contributed by atoms with E-state index in [2.05, 4.69) is 14.9 Å². The van der Waals surface area contributed by atoms with Gasteiger partial charge in [0.15, 0.2) is 0 Å². The monoisotopic (exact) mass is 376 g/mol. The maximum atomic E-state index is 12.9. The van der Waals surface area contributed by atoms with Gasteiger partial charge in [-0.15, -0.1) is 0 Å². The molecular formula is C22H24N4O2. The van der Waals surface area contributed by atoms with Gasteiger partial charge in [0.1, 0.15) is 12.4 Å². The number of fused-ring (bicyclic) bond motifs is 1. The second-order valence-electron chi connectivity index (χ2n) is 7.85. The minimum atomic E-state index is 0.0280. The third-order valence-electron chi connectivity index (χ3n) is 5.72. The fourth-order valence-corrected chi connectivity index (χ4v) is 4.09. The summed E-state index contributed by atoms with van der Waals surface area (Å²) in [6, 6.07) is 12.2. The molecule has 2 fully saturated rings. The largest absolute Gasteiger partial charge is 0.379 e.